The molecule has 21 heavy (non-hydrogen) atoms. The van der Waals surface area contributed by atoms with Crippen LogP contribution < -0.4 is 21.5 Å². The lowest BCUT2D eigenvalue weighted by Crippen LogP contribution is -2.30. The highest BCUT2D eigenvalue weighted by Crippen LogP contribution is 2.22. The van der Waals surface area contributed by atoms with E-state index in [1.54, 1.807) is 0 Å². The number of carbonyl (C=O) groups is 2. The highest BCUT2D eigenvalue weighted by atomic mass is 16.5. The fraction of sp³-hybridized carbons (Fsp3) is 0.462. The number of carbonyl (C=O) groups excluding carboxylic acids is 2. The minimum absolute atomic E-state index is 0.0871. The average Bonchev–Trinajstić information content (AvgIpc) is 2.96. The van der Waals surface area contributed by atoms with E-state index in [0.717, 1.165) is 6.42 Å². The molecule has 2 atom stereocenters. The molecule has 0 aliphatic carbocycles. The first-order valence-electron chi connectivity index (χ1n) is 6.55. The number of aromatic nitrogens is 1. The molecule has 5 N–H and O–H groups in total. The molecule has 2 amide bonds. The van der Waals surface area contributed by atoms with Crippen molar-refractivity contribution in [2.45, 2.75) is 25.0 Å². The second kappa shape index (κ2) is 6.51. The van der Waals surface area contributed by atoms with Gasteiger partial charge in [0.05, 0.1) is 25.1 Å². The van der Waals surface area contributed by atoms with Crippen LogP contribution in [0.1, 0.15) is 23.2 Å². The van der Waals surface area contributed by atoms with Gasteiger partial charge in [-0.3, -0.25) is 9.59 Å². The van der Waals surface area contributed by atoms with Gasteiger partial charge in [0, 0.05) is 6.54 Å². The third-order valence-corrected chi connectivity index (χ3v) is 3.24. The van der Waals surface area contributed by atoms with Gasteiger partial charge in [-0.15, -0.1) is 0 Å². The Hall–Kier alpha value is -2.19. The van der Waals surface area contributed by atoms with Crippen molar-refractivity contribution in [3.8, 4) is 5.88 Å². The quantitative estimate of drug-likeness (QED) is 0.679. The van der Waals surface area contributed by atoms with Crippen LogP contribution in [-0.4, -0.2) is 42.7 Å². The highest BCUT2D eigenvalue weighted by molar-refractivity contribution is 5.98. The molecular weight excluding hydrogens is 276 g/mol. The molecule has 1 aromatic rings. The number of amides is 2. The molecule has 0 unspecified atom stereocenters. The normalized spacial score (nSPS) is 21.0. The number of rotatable bonds is 5. The number of primary amides is 1. The number of nitrogens with zero attached hydrogens (tertiary/aromatic N) is 1. The van der Waals surface area contributed by atoms with E-state index < -0.39 is 12.0 Å². The summed E-state index contributed by atoms with van der Waals surface area (Å²) in [5, 5.41) is 2.64. The van der Waals surface area contributed by atoms with Crippen LogP contribution in [0, 0.1) is 0 Å². The third kappa shape index (κ3) is 3.47. The summed E-state index contributed by atoms with van der Waals surface area (Å²) in [5.41, 5.74) is 11.2. The second-order valence-electron chi connectivity index (χ2n) is 4.69. The van der Waals surface area contributed by atoms with Gasteiger partial charge >= 0.3 is 0 Å². The molecule has 0 bridgehead atoms. The van der Waals surface area contributed by atoms with Crippen LogP contribution in [0.15, 0.2) is 12.3 Å². The topological polar surface area (TPSA) is 130 Å². The summed E-state index contributed by atoms with van der Waals surface area (Å²) in [6.07, 6.45) is 2.12. The number of anilines is 1. The van der Waals surface area contributed by atoms with Crippen molar-refractivity contribution in [1.29, 1.82) is 0 Å². The summed E-state index contributed by atoms with van der Waals surface area (Å²) in [6.45, 7) is 0.389. The maximum atomic E-state index is 12.1. The summed E-state index contributed by atoms with van der Waals surface area (Å²) in [6, 6.07) is 1.42. The summed E-state index contributed by atoms with van der Waals surface area (Å²) < 4.78 is 10.4. The van der Waals surface area contributed by atoms with Crippen molar-refractivity contribution in [3.63, 3.8) is 0 Å². The van der Waals surface area contributed by atoms with Gasteiger partial charge < -0.3 is 26.3 Å². The van der Waals surface area contributed by atoms with Crippen molar-refractivity contribution < 1.29 is 19.1 Å². The first kappa shape index (κ1) is 15.2. The van der Waals surface area contributed by atoms with Gasteiger partial charge in [-0.2, -0.15) is 0 Å². The fourth-order valence-electron chi connectivity index (χ4n) is 2.15. The third-order valence-electron chi connectivity index (χ3n) is 3.24. The van der Waals surface area contributed by atoms with E-state index in [2.05, 4.69) is 10.3 Å². The van der Waals surface area contributed by atoms with Crippen LogP contribution in [0.5, 0.6) is 5.88 Å². The lowest BCUT2D eigenvalue weighted by atomic mass is 10.2. The fourth-order valence-corrected chi connectivity index (χ4v) is 2.15. The van der Waals surface area contributed by atoms with E-state index in [-0.39, 0.29) is 23.5 Å². The number of nitrogens with one attached hydrogen (secondary N) is 1. The first-order chi connectivity index (χ1) is 10.0. The molecule has 2 rings (SSSR count). The summed E-state index contributed by atoms with van der Waals surface area (Å²) in [7, 11) is 1.38. The minimum atomic E-state index is -0.684. The average molecular weight is 294 g/mol. The molecule has 0 saturated carbocycles. The smallest absolute Gasteiger partial charge is 0.254 e. The molecule has 1 fully saturated rings. The Morgan fingerprint density at radius 1 is 1.52 bits per heavy atom. The van der Waals surface area contributed by atoms with Gasteiger partial charge in [0.15, 0.2) is 0 Å². The molecule has 114 valence electrons. The Kier molecular flexibility index (Phi) is 4.71. The molecule has 1 aliphatic heterocycles. The van der Waals surface area contributed by atoms with Crippen LogP contribution in [0.25, 0.3) is 0 Å². The van der Waals surface area contributed by atoms with Crippen molar-refractivity contribution in [2.24, 2.45) is 11.5 Å². The predicted octanol–water partition coefficient (Wildman–Crippen LogP) is -0.366. The van der Waals surface area contributed by atoms with Crippen molar-refractivity contribution in [1.82, 2.24) is 4.98 Å². The number of ether oxygens (including phenoxy) is 2. The van der Waals surface area contributed by atoms with E-state index in [0.29, 0.717) is 18.7 Å². The Morgan fingerprint density at radius 3 is 2.86 bits per heavy atom. The number of hydrogen-bond donors (Lipinski definition) is 3. The minimum Gasteiger partial charge on any atom is -0.480 e. The van der Waals surface area contributed by atoms with Crippen molar-refractivity contribution >= 4 is 17.5 Å². The van der Waals surface area contributed by atoms with E-state index >= 15 is 0 Å². The second-order valence-corrected chi connectivity index (χ2v) is 4.69. The van der Waals surface area contributed by atoms with Crippen LogP contribution in [-0.2, 0) is 9.53 Å². The molecule has 1 saturated heterocycles. The van der Waals surface area contributed by atoms with Gasteiger partial charge in [0.25, 0.3) is 11.8 Å². The summed E-state index contributed by atoms with van der Waals surface area (Å²) >= 11 is 0. The van der Waals surface area contributed by atoms with Gasteiger partial charge in [-0.25, -0.2) is 4.98 Å². The van der Waals surface area contributed by atoms with Gasteiger partial charge in [0.2, 0.25) is 5.88 Å². The number of methoxy groups -OCH3 is 1. The van der Waals surface area contributed by atoms with Crippen molar-refractivity contribution in [3.05, 3.63) is 17.8 Å². The van der Waals surface area contributed by atoms with E-state index in [1.807, 2.05) is 0 Å². The van der Waals surface area contributed by atoms with Gasteiger partial charge in [-0.05, 0) is 18.9 Å². The van der Waals surface area contributed by atoms with Crippen LogP contribution in [0.4, 0.5) is 5.69 Å². The zero-order valence-corrected chi connectivity index (χ0v) is 11.7. The first-order valence-corrected chi connectivity index (χ1v) is 6.55. The van der Waals surface area contributed by atoms with E-state index in [9.17, 15) is 9.59 Å². The monoisotopic (exact) mass is 294 g/mol. The number of nitrogens with two attached hydrogens (primary N) is 2. The maximum Gasteiger partial charge on any atom is 0.254 e. The molecule has 8 nitrogen and oxygen atoms in total. The lowest BCUT2D eigenvalue weighted by Gasteiger charge is -2.13. The van der Waals surface area contributed by atoms with Crippen LogP contribution in [0.2, 0.25) is 0 Å². The lowest BCUT2D eigenvalue weighted by molar-refractivity contribution is -0.126. The number of hydrogen-bond acceptors (Lipinski definition) is 6. The van der Waals surface area contributed by atoms with Gasteiger partial charge in [0.1, 0.15) is 11.7 Å². The van der Waals surface area contributed by atoms with Crippen LogP contribution in [0.3, 0.4) is 0 Å². The van der Waals surface area contributed by atoms with E-state index in [4.69, 9.17) is 20.9 Å². The van der Waals surface area contributed by atoms with Crippen molar-refractivity contribution in [2.75, 3.05) is 19.0 Å². The zero-order valence-electron chi connectivity index (χ0n) is 11.7. The molecular formula is C13H18N4O4. The SMILES string of the molecule is COc1ncc(NC(=O)[C@@H]2CC[C@H](CN)O2)cc1C(N)=O. The van der Waals surface area contributed by atoms with Gasteiger partial charge in [-0.1, -0.05) is 0 Å². The Morgan fingerprint density at radius 2 is 2.29 bits per heavy atom. The van der Waals surface area contributed by atoms with Crippen LogP contribution >= 0.6 is 0 Å². The predicted molar refractivity (Wildman–Crippen MR) is 74.9 cm³/mol. The maximum absolute atomic E-state index is 12.1. The highest BCUT2D eigenvalue weighted by Gasteiger charge is 2.30. The molecule has 0 spiro atoms. The standard InChI is InChI=1S/C13H18N4O4/c1-20-13-9(11(15)18)4-7(6-16-13)17-12(19)10-3-2-8(5-14)21-10/h4,6,8,10H,2-3,5,14H2,1H3,(H2,15,18)(H,17,19)/t8-,10+/m1/s1. The molecule has 8 heteroatoms. The molecule has 1 aliphatic rings. The zero-order chi connectivity index (χ0) is 15.4. The van der Waals surface area contributed by atoms with E-state index in [1.165, 1.54) is 19.4 Å². The number of pyridine rings is 1. The Bertz CT molecular complexity index is 549. The molecule has 1 aromatic heterocycles. The summed E-state index contributed by atoms with van der Waals surface area (Å²) in [4.78, 5) is 27.3. The molecule has 0 aromatic carbocycles. The molecule has 0 radical (unpaired) electrons. The Balaban J connectivity index is 2.07. The molecule has 2 heterocycles. The summed E-state index contributed by atoms with van der Waals surface area (Å²) in [5.74, 6) is -0.870. The largest absolute Gasteiger partial charge is 0.480 e. The Labute approximate surface area is 121 Å².